The highest BCUT2D eigenvalue weighted by atomic mass is 16.5. The zero-order chi connectivity index (χ0) is 16.8. The number of ether oxygens (including phenoxy) is 1. The summed E-state index contributed by atoms with van der Waals surface area (Å²) in [5, 5.41) is 3.06. The minimum Gasteiger partial charge on any atom is -0.492 e. The third-order valence-electron chi connectivity index (χ3n) is 3.90. The van der Waals surface area contributed by atoms with Crippen molar-refractivity contribution in [2.75, 3.05) is 37.3 Å². The van der Waals surface area contributed by atoms with Crippen LogP contribution >= 0.6 is 0 Å². The normalized spacial score (nSPS) is 14.3. The van der Waals surface area contributed by atoms with E-state index >= 15 is 0 Å². The molecule has 0 saturated carbocycles. The molecule has 0 unspecified atom stereocenters. The van der Waals surface area contributed by atoms with Gasteiger partial charge in [0.1, 0.15) is 18.2 Å². The van der Waals surface area contributed by atoms with Crippen LogP contribution in [0.25, 0.3) is 4.85 Å². The molecule has 2 heterocycles. The number of anilines is 3. The monoisotopic (exact) mass is 324 g/mol. The van der Waals surface area contributed by atoms with Crippen molar-refractivity contribution in [3.8, 4) is 5.75 Å². The molecule has 1 saturated heterocycles. The van der Waals surface area contributed by atoms with Crippen LogP contribution in [0.3, 0.4) is 0 Å². The molecular weight excluding hydrogens is 304 g/mol. The Morgan fingerprint density at radius 3 is 2.67 bits per heavy atom. The van der Waals surface area contributed by atoms with Gasteiger partial charge in [-0.1, -0.05) is 0 Å². The molecule has 0 bridgehead atoms. The summed E-state index contributed by atoms with van der Waals surface area (Å²) < 4.78 is 5.77. The molecule has 7 heteroatoms. The number of hydrogen-bond donors (Lipinski definition) is 2. The molecule has 3 rings (SSSR count). The summed E-state index contributed by atoms with van der Waals surface area (Å²) in [6.45, 7) is 11.0. The standard InChI is InChI=1S/C17H20N6O/c1-19-15-12-20-17(22-16(15)18)21-13-4-6-14(7-5-13)24-11-10-23-8-2-3-9-23/h4-7,12H,2-3,8-11H2,(H3,18,20,21,22). The van der Waals surface area contributed by atoms with Gasteiger partial charge in [0.05, 0.1) is 6.57 Å². The fraction of sp³-hybridized carbons (Fsp3) is 0.353. The lowest BCUT2D eigenvalue weighted by Crippen LogP contribution is -2.25. The number of rotatable bonds is 6. The van der Waals surface area contributed by atoms with Crippen LogP contribution < -0.4 is 15.8 Å². The first kappa shape index (κ1) is 16.0. The number of nitrogen functional groups attached to an aromatic ring is 1. The zero-order valence-electron chi connectivity index (χ0n) is 13.4. The molecule has 24 heavy (non-hydrogen) atoms. The molecule has 1 aliphatic heterocycles. The second kappa shape index (κ2) is 7.62. The maximum Gasteiger partial charge on any atom is 0.245 e. The zero-order valence-corrected chi connectivity index (χ0v) is 13.4. The second-order valence-corrected chi connectivity index (χ2v) is 5.62. The third kappa shape index (κ3) is 4.12. The minimum atomic E-state index is 0.171. The van der Waals surface area contributed by atoms with Gasteiger partial charge in [-0.05, 0) is 50.2 Å². The largest absolute Gasteiger partial charge is 0.492 e. The highest BCUT2D eigenvalue weighted by molar-refractivity contribution is 5.64. The van der Waals surface area contributed by atoms with E-state index in [1.807, 2.05) is 24.3 Å². The third-order valence-corrected chi connectivity index (χ3v) is 3.90. The van der Waals surface area contributed by atoms with Crippen LogP contribution in [0.4, 0.5) is 23.1 Å². The van der Waals surface area contributed by atoms with E-state index in [0.717, 1.165) is 18.0 Å². The van der Waals surface area contributed by atoms with Crippen molar-refractivity contribution in [1.29, 1.82) is 0 Å². The Bertz CT molecular complexity index is 719. The lowest BCUT2D eigenvalue weighted by molar-refractivity contribution is 0.238. The molecule has 1 aliphatic rings. The summed E-state index contributed by atoms with van der Waals surface area (Å²) in [6.07, 6.45) is 4.00. The van der Waals surface area contributed by atoms with E-state index in [-0.39, 0.29) is 11.5 Å². The highest BCUT2D eigenvalue weighted by Gasteiger charge is 2.10. The van der Waals surface area contributed by atoms with Gasteiger partial charge in [-0.2, -0.15) is 0 Å². The maximum absolute atomic E-state index is 6.94. The van der Waals surface area contributed by atoms with Gasteiger partial charge in [-0.25, -0.2) is 14.8 Å². The first-order chi connectivity index (χ1) is 11.7. The van der Waals surface area contributed by atoms with Crippen LogP contribution in [0.15, 0.2) is 30.5 Å². The predicted molar refractivity (Wildman–Crippen MR) is 93.6 cm³/mol. The van der Waals surface area contributed by atoms with Gasteiger partial charge in [0.25, 0.3) is 0 Å². The number of nitrogens with zero attached hydrogens (tertiary/aromatic N) is 4. The molecule has 0 atom stereocenters. The molecule has 0 radical (unpaired) electrons. The first-order valence-electron chi connectivity index (χ1n) is 7.97. The van der Waals surface area contributed by atoms with E-state index in [1.165, 1.54) is 32.1 Å². The molecule has 0 amide bonds. The molecular formula is C17H20N6O. The van der Waals surface area contributed by atoms with E-state index in [1.54, 1.807) is 0 Å². The van der Waals surface area contributed by atoms with Gasteiger partial charge < -0.3 is 15.8 Å². The van der Waals surface area contributed by atoms with E-state index in [0.29, 0.717) is 12.6 Å². The topological polar surface area (TPSA) is 80.7 Å². The van der Waals surface area contributed by atoms with E-state index in [9.17, 15) is 0 Å². The van der Waals surface area contributed by atoms with Crippen molar-refractivity contribution in [1.82, 2.24) is 14.9 Å². The Hall–Kier alpha value is -2.85. The van der Waals surface area contributed by atoms with Crippen LogP contribution in [0.1, 0.15) is 12.8 Å². The van der Waals surface area contributed by atoms with Crippen molar-refractivity contribution in [3.63, 3.8) is 0 Å². The van der Waals surface area contributed by atoms with Crippen molar-refractivity contribution < 1.29 is 4.74 Å². The van der Waals surface area contributed by atoms with E-state index in [2.05, 4.69) is 25.0 Å². The number of benzene rings is 1. The van der Waals surface area contributed by atoms with Crippen molar-refractivity contribution in [2.24, 2.45) is 0 Å². The van der Waals surface area contributed by atoms with Gasteiger partial charge >= 0.3 is 0 Å². The lowest BCUT2D eigenvalue weighted by Gasteiger charge is -2.15. The SMILES string of the molecule is [C-]#[N+]c1cnc(Nc2ccc(OCCN3CCCC3)cc2)nc1N. The molecule has 1 aromatic carbocycles. The molecule has 1 fully saturated rings. The summed E-state index contributed by atoms with van der Waals surface area (Å²) in [7, 11) is 0. The molecule has 3 N–H and O–H groups in total. The molecule has 2 aromatic rings. The van der Waals surface area contributed by atoms with E-state index < -0.39 is 0 Å². The second-order valence-electron chi connectivity index (χ2n) is 5.62. The van der Waals surface area contributed by atoms with Crippen LogP contribution in [0.5, 0.6) is 5.75 Å². The number of nitrogens with two attached hydrogens (primary N) is 1. The van der Waals surface area contributed by atoms with Gasteiger partial charge in [-0.15, -0.1) is 0 Å². The van der Waals surface area contributed by atoms with Gasteiger partial charge in [-0.3, -0.25) is 4.90 Å². The quantitative estimate of drug-likeness (QED) is 0.795. The average molecular weight is 324 g/mol. The average Bonchev–Trinajstić information content (AvgIpc) is 3.10. The Morgan fingerprint density at radius 2 is 2.00 bits per heavy atom. The number of likely N-dealkylation sites (tertiary alicyclic amines) is 1. The molecule has 7 nitrogen and oxygen atoms in total. The molecule has 0 aliphatic carbocycles. The fourth-order valence-electron chi connectivity index (χ4n) is 2.60. The highest BCUT2D eigenvalue weighted by Crippen LogP contribution is 2.22. The molecule has 0 spiro atoms. The van der Waals surface area contributed by atoms with Crippen LogP contribution in [0, 0.1) is 6.57 Å². The summed E-state index contributed by atoms with van der Waals surface area (Å²) >= 11 is 0. The number of nitrogens with one attached hydrogen (secondary N) is 1. The summed E-state index contributed by atoms with van der Waals surface area (Å²) in [6, 6.07) is 7.60. The summed E-state index contributed by atoms with van der Waals surface area (Å²) in [5.74, 6) is 1.37. The van der Waals surface area contributed by atoms with Gasteiger partial charge in [0.15, 0.2) is 0 Å². The summed E-state index contributed by atoms with van der Waals surface area (Å²) in [4.78, 5) is 13.8. The van der Waals surface area contributed by atoms with Crippen LogP contribution in [-0.4, -0.2) is 41.1 Å². The van der Waals surface area contributed by atoms with Gasteiger partial charge in [0.2, 0.25) is 11.6 Å². The van der Waals surface area contributed by atoms with Gasteiger partial charge in [0, 0.05) is 18.4 Å². The molecule has 1 aromatic heterocycles. The Balaban J connectivity index is 1.52. The Kier molecular flexibility index (Phi) is 5.08. The van der Waals surface area contributed by atoms with Crippen LogP contribution in [-0.2, 0) is 0 Å². The van der Waals surface area contributed by atoms with E-state index in [4.69, 9.17) is 17.0 Å². The Labute approximate surface area is 141 Å². The maximum atomic E-state index is 6.94. The van der Waals surface area contributed by atoms with Crippen molar-refractivity contribution in [2.45, 2.75) is 12.8 Å². The number of hydrogen-bond acceptors (Lipinski definition) is 6. The Morgan fingerprint density at radius 1 is 1.25 bits per heavy atom. The first-order valence-corrected chi connectivity index (χ1v) is 7.97. The lowest BCUT2D eigenvalue weighted by atomic mass is 10.3. The van der Waals surface area contributed by atoms with Crippen molar-refractivity contribution in [3.05, 3.63) is 41.9 Å². The number of aromatic nitrogens is 2. The minimum absolute atomic E-state index is 0.171. The fourth-order valence-corrected chi connectivity index (χ4v) is 2.60. The molecule has 124 valence electrons. The van der Waals surface area contributed by atoms with Crippen LogP contribution in [0.2, 0.25) is 0 Å². The summed E-state index contributed by atoms with van der Waals surface area (Å²) in [5.41, 5.74) is 6.77. The van der Waals surface area contributed by atoms with Crippen molar-refractivity contribution >= 4 is 23.1 Å². The predicted octanol–water partition coefficient (Wildman–Crippen LogP) is 2.83. The smallest absolute Gasteiger partial charge is 0.245 e.